The summed E-state index contributed by atoms with van der Waals surface area (Å²) in [5, 5.41) is 7.87. The molecule has 0 radical (unpaired) electrons. The molecule has 0 bridgehead atoms. The van der Waals surface area contributed by atoms with Crippen LogP contribution in [0.1, 0.15) is 102 Å². The fourth-order valence-corrected chi connectivity index (χ4v) is 6.32. The summed E-state index contributed by atoms with van der Waals surface area (Å²) in [6.07, 6.45) is 0.655. The van der Waals surface area contributed by atoms with Crippen LogP contribution in [0.2, 0.25) is 5.02 Å². The lowest BCUT2D eigenvalue weighted by molar-refractivity contribution is -0.172. The smallest absolute Gasteiger partial charge is 0.313 e. The number of hydrogen-bond acceptors (Lipinski definition) is 7. The van der Waals surface area contributed by atoms with E-state index >= 15 is 4.39 Å². The van der Waals surface area contributed by atoms with Gasteiger partial charge in [-0.2, -0.15) is 5.10 Å². The monoisotopic (exact) mass is 657 g/mol. The predicted octanol–water partition coefficient (Wildman–Crippen LogP) is 8.16. The number of benzene rings is 1. The van der Waals surface area contributed by atoms with Crippen LogP contribution >= 0.6 is 11.6 Å². The van der Waals surface area contributed by atoms with E-state index in [-0.39, 0.29) is 52.3 Å². The third-order valence-electron chi connectivity index (χ3n) is 8.36. The van der Waals surface area contributed by atoms with Crippen LogP contribution in [-0.4, -0.2) is 49.6 Å². The quantitative estimate of drug-likeness (QED) is 0.183. The Balaban J connectivity index is 1.72. The minimum Gasteiger partial charge on any atom is -0.460 e. The normalized spacial score (nSPS) is 19.3. The van der Waals surface area contributed by atoms with Crippen LogP contribution in [0.3, 0.4) is 0 Å². The van der Waals surface area contributed by atoms with Gasteiger partial charge in [0.05, 0.1) is 27.2 Å². The Labute approximate surface area is 275 Å². The van der Waals surface area contributed by atoms with E-state index in [1.807, 2.05) is 45.4 Å². The second-order valence-corrected chi connectivity index (χ2v) is 14.8. The molecule has 250 valence electrons. The van der Waals surface area contributed by atoms with Gasteiger partial charge in [0.2, 0.25) is 0 Å². The van der Waals surface area contributed by atoms with Crippen molar-refractivity contribution < 1.29 is 23.1 Å². The minimum atomic E-state index is -1.14. The van der Waals surface area contributed by atoms with Crippen LogP contribution in [-0.2, 0) is 28.0 Å². The van der Waals surface area contributed by atoms with E-state index in [4.69, 9.17) is 16.3 Å². The maximum absolute atomic E-state index is 16.2. The van der Waals surface area contributed by atoms with E-state index < -0.39 is 28.6 Å². The molecule has 1 aliphatic heterocycles. The van der Waals surface area contributed by atoms with E-state index in [1.165, 1.54) is 12.1 Å². The number of likely N-dealkylation sites (tertiary alicyclic amines) is 1. The van der Waals surface area contributed by atoms with Crippen molar-refractivity contribution in [2.24, 2.45) is 5.41 Å². The summed E-state index contributed by atoms with van der Waals surface area (Å²) in [4.78, 5) is 33.6. The number of rotatable bonds is 9. The Morgan fingerprint density at radius 2 is 1.80 bits per heavy atom. The van der Waals surface area contributed by atoms with Crippen molar-refractivity contribution in [1.29, 1.82) is 0 Å². The number of nitrogens with one attached hydrogen (secondary N) is 1. The first kappa shape index (κ1) is 35.5. The molecule has 8 nitrogen and oxygen atoms in total. The molecule has 11 heteroatoms. The molecular weight excluding hydrogens is 612 g/mol. The number of carbonyl (C=O) groups excluding carboxylic acids is 2. The van der Waals surface area contributed by atoms with Crippen LogP contribution in [0.4, 0.5) is 20.4 Å². The highest BCUT2D eigenvalue weighted by Crippen LogP contribution is 2.42. The van der Waals surface area contributed by atoms with Gasteiger partial charge in [-0.05, 0) is 86.9 Å². The fourth-order valence-electron chi connectivity index (χ4n) is 6.13. The number of nitrogens with zero attached hydrogens (tertiary/aromatic N) is 4. The summed E-state index contributed by atoms with van der Waals surface area (Å²) >= 11 is 6.03. The van der Waals surface area contributed by atoms with Crippen molar-refractivity contribution in [3.63, 3.8) is 0 Å². The molecule has 1 fully saturated rings. The first-order valence-electron chi connectivity index (χ1n) is 15.8. The van der Waals surface area contributed by atoms with E-state index in [0.29, 0.717) is 37.3 Å². The lowest BCUT2D eigenvalue weighted by Crippen LogP contribution is -2.51. The standard InChI is InChI=1S/C35H46ClF2N5O3/c1-10-27(44)24-17-28(40-29-16-21(2)43(41-29)33(4,5)6)39-26(31(24)38)19-35(32(45)46-34(7,8)9)14-15-42(22(3)18-35)20-23-12-11-13-25(36)30(23)37/h11-13,16-17,22H,10,14-15,18-20H2,1-9H3,(H,39,40,41)/t22-,35-/m1/s1. The number of aromatic nitrogens is 3. The Hall–Kier alpha value is -3.37. The molecule has 2 atom stereocenters. The van der Waals surface area contributed by atoms with Gasteiger partial charge in [0.15, 0.2) is 17.4 Å². The van der Waals surface area contributed by atoms with Crippen molar-refractivity contribution in [3.8, 4) is 0 Å². The fraction of sp³-hybridized carbons (Fsp3) is 0.543. The van der Waals surface area contributed by atoms with Crippen LogP contribution in [0.15, 0.2) is 30.3 Å². The molecule has 0 unspecified atom stereocenters. The van der Waals surface area contributed by atoms with Gasteiger partial charge in [0.25, 0.3) is 0 Å². The average molecular weight is 658 g/mol. The van der Waals surface area contributed by atoms with Gasteiger partial charge in [-0.25, -0.2) is 13.8 Å². The van der Waals surface area contributed by atoms with E-state index in [1.54, 1.807) is 39.8 Å². The summed E-state index contributed by atoms with van der Waals surface area (Å²) in [5.74, 6) is -1.28. The Kier molecular flexibility index (Phi) is 10.3. The van der Waals surface area contributed by atoms with Gasteiger partial charge in [-0.1, -0.05) is 30.7 Å². The number of pyridine rings is 1. The highest BCUT2D eigenvalue weighted by Gasteiger charge is 2.47. The first-order valence-corrected chi connectivity index (χ1v) is 16.2. The number of anilines is 2. The number of piperidine rings is 1. The number of Topliss-reactive ketones (excluding diaryl/α,β-unsaturated/α-hetero) is 1. The van der Waals surface area contributed by atoms with E-state index in [0.717, 1.165) is 5.69 Å². The maximum Gasteiger partial charge on any atom is 0.313 e. The number of hydrogen-bond donors (Lipinski definition) is 1. The predicted molar refractivity (Wildman–Crippen MR) is 177 cm³/mol. The Morgan fingerprint density at radius 1 is 1.11 bits per heavy atom. The molecule has 3 heterocycles. The highest BCUT2D eigenvalue weighted by atomic mass is 35.5. The van der Waals surface area contributed by atoms with Crippen LogP contribution in [0, 0.1) is 24.0 Å². The van der Waals surface area contributed by atoms with Crippen molar-refractivity contribution in [2.75, 3.05) is 11.9 Å². The zero-order valence-corrected chi connectivity index (χ0v) is 29.1. The Bertz CT molecular complexity index is 1610. The highest BCUT2D eigenvalue weighted by molar-refractivity contribution is 6.30. The third kappa shape index (κ3) is 7.94. The summed E-state index contributed by atoms with van der Waals surface area (Å²) in [6.45, 7) is 17.8. The summed E-state index contributed by atoms with van der Waals surface area (Å²) in [6, 6.07) is 7.98. The van der Waals surface area contributed by atoms with Crippen molar-refractivity contribution in [2.45, 2.75) is 112 Å². The number of aryl methyl sites for hydroxylation is 1. The lowest BCUT2D eigenvalue weighted by atomic mass is 9.71. The van der Waals surface area contributed by atoms with Crippen molar-refractivity contribution in [3.05, 3.63) is 69.5 Å². The molecule has 0 aliphatic carbocycles. The minimum absolute atomic E-state index is 0.00108. The number of carbonyl (C=O) groups is 2. The van der Waals surface area contributed by atoms with Gasteiger partial charge in [-0.3, -0.25) is 19.2 Å². The van der Waals surface area contributed by atoms with Crippen molar-refractivity contribution >= 4 is 35.0 Å². The topological polar surface area (TPSA) is 89.3 Å². The molecule has 4 rings (SSSR count). The number of ketones is 1. The second-order valence-electron chi connectivity index (χ2n) is 14.4. The van der Waals surface area contributed by atoms with Crippen molar-refractivity contribution in [1.82, 2.24) is 19.7 Å². The number of esters is 1. The molecule has 1 aromatic carbocycles. The van der Waals surface area contributed by atoms with Gasteiger partial charge in [0.1, 0.15) is 17.2 Å². The number of halogens is 3. The van der Waals surface area contributed by atoms with Gasteiger partial charge in [0, 0.05) is 42.8 Å². The molecular formula is C35H46ClF2N5O3. The average Bonchev–Trinajstić information content (AvgIpc) is 3.33. The molecule has 0 amide bonds. The van der Waals surface area contributed by atoms with Crippen LogP contribution in [0.5, 0.6) is 0 Å². The SMILES string of the molecule is CCC(=O)c1cc(Nc2cc(C)n(C(C)(C)C)n2)nc(C[C@@]2(C(=O)OC(C)(C)C)CCN(Cc3cccc(Cl)c3F)[C@H](C)C2)c1F. The molecule has 3 aromatic rings. The summed E-state index contributed by atoms with van der Waals surface area (Å²) in [5.41, 5.74) is -0.897. The first-order chi connectivity index (χ1) is 21.3. The van der Waals surface area contributed by atoms with Gasteiger partial charge < -0.3 is 10.1 Å². The zero-order chi connectivity index (χ0) is 34.2. The molecule has 1 aliphatic rings. The molecule has 46 heavy (non-hydrogen) atoms. The third-order valence-corrected chi connectivity index (χ3v) is 8.65. The lowest BCUT2D eigenvalue weighted by Gasteiger charge is -2.45. The summed E-state index contributed by atoms with van der Waals surface area (Å²) < 4.78 is 38.7. The zero-order valence-electron chi connectivity index (χ0n) is 28.4. The summed E-state index contributed by atoms with van der Waals surface area (Å²) in [7, 11) is 0. The molecule has 0 saturated carbocycles. The Morgan fingerprint density at radius 3 is 2.39 bits per heavy atom. The van der Waals surface area contributed by atoms with E-state index in [9.17, 15) is 14.0 Å². The molecule has 0 spiro atoms. The largest absolute Gasteiger partial charge is 0.460 e. The molecule has 2 aromatic heterocycles. The van der Waals surface area contributed by atoms with Crippen LogP contribution in [0.25, 0.3) is 0 Å². The van der Waals surface area contributed by atoms with E-state index in [2.05, 4.69) is 20.3 Å². The van der Waals surface area contributed by atoms with Gasteiger partial charge >= 0.3 is 5.97 Å². The second kappa shape index (κ2) is 13.4. The van der Waals surface area contributed by atoms with Crippen LogP contribution < -0.4 is 5.32 Å². The molecule has 1 saturated heterocycles. The maximum atomic E-state index is 16.2. The van der Waals surface area contributed by atoms with Gasteiger partial charge in [-0.15, -0.1) is 0 Å². The molecule has 1 N–H and O–H groups in total. The number of ether oxygens (including phenoxy) is 1.